The molecule has 3 heterocycles. The molecule has 0 aliphatic carbocycles. The lowest BCUT2D eigenvalue weighted by Gasteiger charge is -2.41. The highest BCUT2D eigenvalue weighted by molar-refractivity contribution is 4.78. The van der Waals surface area contributed by atoms with Gasteiger partial charge in [0.1, 0.15) is 0 Å². The van der Waals surface area contributed by atoms with Gasteiger partial charge in [-0.05, 0) is 0 Å². The van der Waals surface area contributed by atoms with E-state index in [1.165, 1.54) is 39.3 Å². The second-order valence-electron chi connectivity index (χ2n) is 2.68. The summed E-state index contributed by atoms with van der Waals surface area (Å²) in [7, 11) is 0. The van der Waals surface area contributed by atoms with Crippen LogP contribution in [0.2, 0.25) is 0 Å². The second kappa shape index (κ2) is 2.62. The number of piperazine rings is 3. The van der Waals surface area contributed by atoms with Gasteiger partial charge in [-0.15, -0.1) is 0 Å². The fourth-order valence-corrected chi connectivity index (χ4v) is 1.52. The molecule has 0 atom stereocenters. The molecule has 0 saturated carbocycles. The molecular formula is C6H13FN2. The molecule has 3 aliphatic rings. The Labute approximate surface area is 54.8 Å². The predicted octanol–water partition coefficient (Wildman–Crippen LogP) is -0.230. The van der Waals surface area contributed by atoms with Crippen molar-refractivity contribution in [1.29, 1.82) is 0 Å². The van der Waals surface area contributed by atoms with E-state index >= 15 is 0 Å². The molecule has 2 bridgehead atoms. The van der Waals surface area contributed by atoms with Crippen molar-refractivity contribution in [1.82, 2.24) is 9.80 Å². The molecule has 3 aliphatic heterocycles. The Bertz CT molecular complexity index is 66.0. The monoisotopic (exact) mass is 132 g/mol. The summed E-state index contributed by atoms with van der Waals surface area (Å²) in [6.07, 6.45) is 0. The Morgan fingerprint density at radius 3 is 0.889 bits per heavy atom. The SMILES string of the molecule is C1CN2CCN1CC2.F. The predicted molar refractivity (Wildman–Crippen MR) is 35.4 cm³/mol. The first kappa shape index (κ1) is 6.96. The lowest BCUT2D eigenvalue weighted by molar-refractivity contribution is 0.0647. The summed E-state index contributed by atoms with van der Waals surface area (Å²) in [5, 5.41) is 0. The largest absolute Gasteiger partial charge is 0.300 e. The lowest BCUT2D eigenvalue weighted by Crippen LogP contribution is -2.55. The van der Waals surface area contributed by atoms with Crippen LogP contribution in [0.5, 0.6) is 0 Å². The molecule has 3 fully saturated rings. The van der Waals surface area contributed by atoms with Crippen LogP contribution in [0.25, 0.3) is 0 Å². The van der Waals surface area contributed by atoms with E-state index in [-0.39, 0.29) is 4.70 Å². The van der Waals surface area contributed by atoms with Gasteiger partial charge in [0.2, 0.25) is 0 Å². The Kier molecular flexibility index (Phi) is 2.03. The van der Waals surface area contributed by atoms with Crippen LogP contribution < -0.4 is 0 Å². The molecule has 2 nitrogen and oxygen atoms in total. The third kappa shape index (κ3) is 1.22. The Morgan fingerprint density at radius 2 is 0.778 bits per heavy atom. The Balaban J connectivity index is 0.000000405. The van der Waals surface area contributed by atoms with Crippen LogP contribution in [-0.2, 0) is 0 Å². The molecular weight excluding hydrogens is 119 g/mol. The van der Waals surface area contributed by atoms with Gasteiger partial charge in [-0.2, -0.15) is 0 Å². The van der Waals surface area contributed by atoms with Crippen molar-refractivity contribution in [2.45, 2.75) is 0 Å². The molecule has 0 spiro atoms. The first-order valence-corrected chi connectivity index (χ1v) is 3.40. The molecule has 0 aromatic carbocycles. The van der Waals surface area contributed by atoms with E-state index < -0.39 is 0 Å². The number of rotatable bonds is 0. The molecule has 0 amide bonds. The summed E-state index contributed by atoms with van der Waals surface area (Å²) >= 11 is 0. The highest BCUT2D eigenvalue weighted by Crippen LogP contribution is 2.06. The maximum absolute atomic E-state index is 2.54. The maximum Gasteiger partial charge on any atom is 0.0110 e. The second-order valence-corrected chi connectivity index (χ2v) is 2.68. The van der Waals surface area contributed by atoms with Crippen LogP contribution in [0, 0.1) is 0 Å². The number of halogens is 1. The average Bonchev–Trinajstić information content (AvgIpc) is 1.92. The zero-order valence-electron chi connectivity index (χ0n) is 5.55. The third-order valence-electron chi connectivity index (χ3n) is 2.20. The first-order chi connectivity index (χ1) is 3.95. The van der Waals surface area contributed by atoms with Crippen molar-refractivity contribution >= 4 is 0 Å². The molecule has 9 heavy (non-hydrogen) atoms. The van der Waals surface area contributed by atoms with Crippen LogP contribution in [0.1, 0.15) is 0 Å². The van der Waals surface area contributed by atoms with Gasteiger partial charge in [0, 0.05) is 39.3 Å². The highest BCUT2D eigenvalue weighted by atomic mass is 19.0. The summed E-state index contributed by atoms with van der Waals surface area (Å²) in [6, 6.07) is 0. The zero-order valence-corrected chi connectivity index (χ0v) is 5.55. The summed E-state index contributed by atoms with van der Waals surface area (Å²) in [5.74, 6) is 0. The first-order valence-electron chi connectivity index (χ1n) is 3.40. The molecule has 0 aromatic heterocycles. The van der Waals surface area contributed by atoms with Gasteiger partial charge in [0.15, 0.2) is 0 Å². The van der Waals surface area contributed by atoms with E-state index in [9.17, 15) is 0 Å². The molecule has 3 heteroatoms. The topological polar surface area (TPSA) is 6.48 Å². The van der Waals surface area contributed by atoms with Crippen molar-refractivity contribution in [2.24, 2.45) is 0 Å². The van der Waals surface area contributed by atoms with E-state index in [1.54, 1.807) is 0 Å². The molecule has 0 N–H and O–H groups in total. The standard InChI is InChI=1S/C6H12N2.FH/c1-2-8-5-3-7(1)4-6-8;/h1-6H2;1H. The van der Waals surface area contributed by atoms with E-state index in [0.717, 1.165) is 0 Å². The molecule has 0 radical (unpaired) electrons. The molecule has 3 saturated heterocycles. The minimum absolute atomic E-state index is 0. The summed E-state index contributed by atoms with van der Waals surface area (Å²) in [6.45, 7) is 7.92. The number of hydrogen-bond acceptors (Lipinski definition) is 2. The minimum Gasteiger partial charge on any atom is -0.300 e. The van der Waals surface area contributed by atoms with Crippen molar-refractivity contribution in [2.75, 3.05) is 39.3 Å². The van der Waals surface area contributed by atoms with Gasteiger partial charge >= 0.3 is 0 Å². The van der Waals surface area contributed by atoms with Crippen LogP contribution in [-0.4, -0.2) is 49.1 Å². The number of hydrogen-bond donors (Lipinski definition) is 0. The fourth-order valence-electron chi connectivity index (χ4n) is 1.52. The average molecular weight is 132 g/mol. The van der Waals surface area contributed by atoms with E-state index in [0.29, 0.717) is 0 Å². The number of nitrogens with zero attached hydrogens (tertiary/aromatic N) is 2. The Hall–Kier alpha value is -0.150. The van der Waals surface area contributed by atoms with Gasteiger partial charge in [-0.25, -0.2) is 0 Å². The zero-order chi connectivity index (χ0) is 5.40. The summed E-state index contributed by atoms with van der Waals surface area (Å²) in [4.78, 5) is 5.08. The minimum atomic E-state index is 0. The Morgan fingerprint density at radius 1 is 0.556 bits per heavy atom. The summed E-state index contributed by atoms with van der Waals surface area (Å²) < 4.78 is 0. The van der Waals surface area contributed by atoms with E-state index in [1.807, 2.05) is 0 Å². The highest BCUT2D eigenvalue weighted by Gasteiger charge is 2.21. The third-order valence-corrected chi connectivity index (χ3v) is 2.20. The molecule has 54 valence electrons. The van der Waals surface area contributed by atoms with Gasteiger partial charge in [-0.1, -0.05) is 0 Å². The van der Waals surface area contributed by atoms with Crippen LogP contribution in [0.3, 0.4) is 0 Å². The van der Waals surface area contributed by atoms with E-state index in [4.69, 9.17) is 0 Å². The fraction of sp³-hybridized carbons (Fsp3) is 1.00. The normalized spacial score (nSPS) is 40.0. The van der Waals surface area contributed by atoms with Crippen molar-refractivity contribution < 1.29 is 4.70 Å². The van der Waals surface area contributed by atoms with Crippen LogP contribution >= 0.6 is 0 Å². The van der Waals surface area contributed by atoms with Gasteiger partial charge < -0.3 is 0 Å². The van der Waals surface area contributed by atoms with Crippen molar-refractivity contribution in [3.63, 3.8) is 0 Å². The van der Waals surface area contributed by atoms with Crippen LogP contribution in [0.4, 0.5) is 4.70 Å². The molecule has 3 rings (SSSR count). The maximum atomic E-state index is 2.54. The van der Waals surface area contributed by atoms with Crippen LogP contribution in [0.15, 0.2) is 0 Å². The van der Waals surface area contributed by atoms with Gasteiger partial charge in [0.05, 0.1) is 0 Å². The molecule has 0 aromatic rings. The smallest absolute Gasteiger partial charge is 0.0110 e. The lowest BCUT2D eigenvalue weighted by atomic mass is 10.2. The van der Waals surface area contributed by atoms with Crippen molar-refractivity contribution in [3.05, 3.63) is 0 Å². The van der Waals surface area contributed by atoms with E-state index in [2.05, 4.69) is 9.80 Å². The van der Waals surface area contributed by atoms with Gasteiger partial charge in [-0.3, -0.25) is 14.5 Å². The summed E-state index contributed by atoms with van der Waals surface area (Å²) in [5.41, 5.74) is 0. The van der Waals surface area contributed by atoms with Gasteiger partial charge in [0.25, 0.3) is 0 Å². The van der Waals surface area contributed by atoms with Crippen molar-refractivity contribution in [3.8, 4) is 0 Å². The number of fused-ring (bicyclic) bond motifs is 3. The molecule has 0 unspecified atom stereocenters. The quantitative estimate of drug-likeness (QED) is 0.449.